The molecule has 5 heteroatoms. The molecule has 0 fully saturated rings. The fourth-order valence-electron chi connectivity index (χ4n) is 2.55. The Morgan fingerprint density at radius 1 is 1.15 bits per heavy atom. The second-order valence-corrected chi connectivity index (χ2v) is 5.92. The van der Waals surface area contributed by atoms with Crippen LogP contribution in [0.4, 0.5) is 5.69 Å². The van der Waals surface area contributed by atoms with Gasteiger partial charge in [-0.15, -0.1) is 0 Å². The molecule has 2 aromatic rings. The molecular formula is C21H23NO4. The number of para-hydroxylation sites is 1. The molecule has 0 atom stereocenters. The summed E-state index contributed by atoms with van der Waals surface area (Å²) < 4.78 is 16.8. The van der Waals surface area contributed by atoms with Crippen molar-refractivity contribution in [3.63, 3.8) is 0 Å². The summed E-state index contributed by atoms with van der Waals surface area (Å²) in [5, 5.41) is 2.83. The smallest absolute Gasteiger partial charge is 0.248 e. The van der Waals surface area contributed by atoms with Crippen molar-refractivity contribution >= 4 is 17.7 Å². The van der Waals surface area contributed by atoms with E-state index in [2.05, 4.69) is 12.2 Å². The van der Waals surface area contributed by atoms with Crippen LogP contribution in [0.15, 0.2) is 48.5 Å². The van der Waals surface area contributed by atoms with Gasteiger partial charge in [-0.2, -0.15) is 0 Å². The van der Waals surface area contributed by atoms with Crippen LogP contribution >= 0.6 is 0 Å². The van der Waals surface area contributed by atoms with E-state index < -0.39 is 0 Å². The maximum Gasteiger partial charge on any atom is 0.248 e. The zero-order valence-corrected chi connectivity index (χ0v) is 14.9. The lowest BCUT2D eigenvalue weighted by atomic mass is 10.2. The van der Waals surface area contributed by atoms with Gasteiger partial charge in [0.05, 0.1) is 6.61 Å². The molecule has 0 aromatic heterocycles. The largest absolute Gasteiger partial charge is 0.493 e. The lowest BCUT2D eigenvalue weighted by molar-refractivity contribution is -0.111. The molecule has 1 amide bonds. The van der Waals surface area contributed by atoms with E-state index in [0.717, 1.165) is 24.2 Å². The van der Waals surface area contributed by atoms with Crippen LogP contribution in [0, 0.1) is 0 Å². The number of carbonyl (C=O) groups is 1. The Morgan fingerprint density at radius 2 is 1.96 bits per heavy atom. The first-order valence-electron chi connectivity index (χ1n) is 8.87. The van der Waals surface area contributed by atoms with Crippen molar-refractivity contribution in [3.8, 4) is 17.2 Å². The average Bonchev–Trinajstić information content (AvgIpc) is 2.67. The molecule has 1 N–H and O–H groups in total. The molecule has 0 radical (unpaired) electrons. The first kappa shape index (κ1) is 17.9. The highest BCUT2D eigenvalue weighted by Gasteiger charge is 2.12. The van der Waals surface area contributed by atoms with Crippen molar-refractivity contribution in [1.82, 2.24) is 0 Å². The molecule has 1 aliphatic heterocycles. The van der Waals surface area contributed by atoms with E-state index in [1.165, 1.54) is 6.08 Å². The third-order valence-corrected chi connectivity index (χ3v) is 3.90. The van der Waals surface area contributed by atoms with Gasteiger partial charge < -0.3 is 19.5 Å². The molecule has 3 rings (SSSR count). The molecule has 26 heavy (non-hydrogen) atoms. The Balaban J connectivity index is 1.63. The van der Waals surface area contributed by atoms with Crippen LogP contribution in [0.5, 0.6) is 17.2 Å². The second kappa shape index (κ2) is 8.94. The van der Waals surface area contributed by atoms with Gasteiger partial charge in [-0.3, -0.25) is 4.79 Å². The maximum absolute atomic E-state index is 12.2. The number of unbranched alkanes of at least 4 members (excludes halogenated alkanes) is 1. The number of fused-ring (bicyclic) bond motifs is 1. The van der Waals surface area contributed by atoms with Crippen LogP contribution in [0.25, 0.3) is 6.08 Å². The van der Waals surface area contributed by atoms with Crippen molar-refractivity contribution in [3.05, 3.63) is 54.1 Å². The first-order chi connectivity index (χ1) is 12.8. The molecule has 0 saturated heterocycles. The van der Waals surface area contributed by atoms with E-state index in [1.807, 2.05) is 24.3 Å². The average molecular weight is 353 g/mol. The summed E-state index contributed by atoms with van der Waals surface area (Å²) in [6, 6.07) is 13.0. The molecule has 0 unspecified atom stereocenters. The van der Waals surface area contributed by atoms with Crippen LogP contribution in [0.2, 0.25) is 0 Å². The minimum atomic E-state index is -0.218. The summed E-state index contributed by atoms with van der Waals surface area (Å²) in [5.41, 5.74) is 1.54. The number of carbonyl (C=O) groups excluding carboxylic acids is 1. The molecule has 136 valence electrons. The number of benzene rings is 2. The zero-order valence-electron chi connectivity index (χ0n) is 14.9. The summed E-state index contributed by atoms with van der Waals surface area (Å²) in [6.07, 6.45) is 5.34. The third-order valence-electron chi connectivity index (χ3n) is 3.90. The lowest BCUT2D eigenvalue weighted by Gasteiger charge is -2.18. The molecule has 0 spiro atoms. The van der Waals surface area contributed by atoms with Gasteiger partial charge in [0.15, 0.2) is 11.5 Å². The topological polar surface area (TPSA) is 56.8 Å². The highest BCUT2D eigenvalue weighted by molar-refractivity contribution is 6.02. The normalized spacial score (nSPS) is 12.8. The zero-order chi connectivity index (χ0) is 18.2. The Labute approximate surface area is 153 Å². The lowest BCUT2D eigenvalue weighted by Crippen LogP contribution is -2.16. The number of anilines is 1. The summed E-state index contributed by atoms with van der Waals surface area (Å²) >= 11 is 0. The Kier molecular flexibility index (Phi) is 6.14. The van der Waals surface area contributed by atoms with Gasteiger partial charge in [0, 0.05) is 23.4 Å². The van der Waals surface area contributed by atoms with E-state index in [0.29, 0.717) is 37.0 Å². The number of rotatable bonds is 7. The SMILES string of the molecule is CCCCOc1ccccc1/C=C/C(=O)Nc1ccc2c(c1)OCCO2. The molecule has 5 nitrogen and oxygen atoms in total. The number of ether oxygens (including phenoxy) is 3. The highest BCUT2D eigenvalue weighted by atomic mass is 16.6. The number of hydrogen-bond donors (Lipinski definition) is 1. The number of nitrogens with one attached hydrogen (secondary N) is 1. The highest BCUT2D eigenvalue weighted by Crippen LogP contribution is 2.32. The first-order valence-corrected chi connectivity index (χ1v) is 8.87. The molecule has 0 aliphatic carbocycles. The fourth-order valence-corrected chi connectivity index (χ4v) is 2.55. The second-order valence-electron chi connectivity index (χ2n) is 5.92. The van der Waals surface area contributed by atoms with Gasteiger partial charge in [0.25, 0.3) is 0 Å². The predicted octanol–water partition coefficient (Wildman–Crippen LogP) is 4.29. The summed E-state index contributed by atoms with van der Waals surface area (Å²) in [5.74, 6) is 1.91. The fraction of sp³-hybridized carbons (Fsp3) is 0.286. The van der Waals surface area contributed by atoms with Gasteiger partial charge in [-0.05, 0) is 30.7 Å². The summed E-state index contributed by atoms with van der Waals surface area (Å²) in [7, 11) is 0. The molecule has 1 aliphatic rings. The van der Waals surface area contributed by atoms with Gasteiger partial charge in [0.1, 0.15) is 19.0 Å². The van der Waals surface area contributed by atoms with Crippen molar-refractivity contribution in [2.75, 3.05) is 25.1 Å². The Morgan fingerprint density at radius 3 is 2.81 bits per heavy atom. The van der Waals surface area contributed by atoms with Crippen molar-refractivity contribution in [2.45, 2.75) is 19.8 Å². The van der Waals surface area contributed by atoms with E-state index in [4.69, 9.17) is 14.2 Å². The van der Waals surface area contributed by atoms with Crippen LogP contribution in [-0.2, 0) is 4.79 Å². The summed E-state index contributed by atoms with van der Waals surface area (Å²) in [4.78, 5) is 12.2. The van der Waals surface area contributed by atoms with Gasteiger partial charge in [-0.1, -0.05) is 31.5 Å². The minimum Gasteiger partial charge on any atom is -0.493 e. The van der Waals surface area contributed by atoms with Gasteiger partial charge in [0.2, 0.25) is 5.91 Å². The number of amides is 1. The van der Waals surface area contributed by atoms with Crippen LogP contribution in [0.3, 0.4) is 0 Å². The van der Waals surface area contributed by atoms with Crippen LogP contribution in [-0.4, -0.2) is 25.7 Å². The number of hydrogen-bond acceptors (Lipinski definition) is 4. The summed E-state index contributed by atoms with van der Waals surface area (Å²) in [6.45, 7) is 3.85. The van der Waals surface area contributed by atoms with Crippen molar-refractivity contribution in [1.29, 1.82) is 0 Å². The molecular weight excluding hydrogens is 330 g/mol. The molecule has 1 heterocycles. The van der Waals surface area contributed by atoms with Gasteiger partial charge in [-0.25, -0.2) is 0 Å². The van der Waals surface area contributed by atoms with Crippen molar-refractivity contribution in [2.24, 2.45) is 0 Å². The third kappa shape index (κ3) is 4.79. The van der Waals surface area contributed by atoms with Crippen molar-refractivity contribution < 1.29 is 19.0 Å². The predicted molar refractivity (Wildman–Crippen MR) is 102 cm³/mol. The molecule has 0 saturated carbocycles. The van der Waals surface area contributed by atoms with Crippen LogP contribution < -0.4 is 19.5 Å². The maximum atomic E-state index is 12.2. The van der Waals surface area contributed by atoms with E-state index >= 15 is 0 Å². The Hall–Kier alpha value is -2.95. The van der Waals surface area contributed by atoms with E-state index in [9.17, 15) is 4.79 Å². The molecule has 0 bridgehead atoms. The molecule has 2 aromatic carbocycles. The Bertz CT molecular complexity index is 785. The van der Waals surface area contributed by atoms with E-state index in [1.54, 1.807) is 24.3 Å². The van der Waals surface area contributed by atoms with Gasteiger partial charge >= 0.3 is 0 Å². The van der Waals surface area contributed by atoms with Crippen LogP contribution in [0.1, 0.15) is 25.3 Å². The minimum absolute atomic E-state index is 0.218. The quantitative estimate of drug-likeness (QED) is 0.596. The monoisotopic (exact) mass is 353 g/mol. The van der Waals surface area contributed by atoms with E-state index in [-0.39, 0.29) is 5.91 Å². The standard InChI is InChI=1S/C21H23NO4/c1-2-3-12-24-18-7-5-4-6-16(18)8-11-21(23)22-17-9-10-19-20(15-17)26-14-13-25-19/h4-11,15H,2-3,12-14H2,1H3,(H,22,23)/b11-8+.